The topological polar surface area (TPSA) is 105 Å². The molecule has 0 aromatic carbocycles. The van der Waals surface area contributed by atoms with Gasteiger partial charge >= 0.3 is 0 Å². The van der Waals surface area contributed by atoms with Gasteiger partial charge in [-0.05, 0) is 19.3 Å². The van der Waals surface area contributed by atoms with E-state index in [0.29, 0.717) is 13.0 Å². The van der Waals surface area contributed by atoms with E-state index in [1.807, 2.05) is 0 Å². The number of likely N-dealkylation sites (tertiary alicyclic amines) is 1. The van der Waals surface area contributed by atoms with Crippen LogP contribution in [0.4, 0.5) is 0 Å². The number of hydrogen-bond donors (Lipinski definition) is 2. The molecule has 2 rings (SSSR count). The van der Waals surface area contributed by atoms with Gasteiger partial charge in [0.25, 0.3) is 5.91 Å². The highest BCUT2D eigenvalue weighted by Crippen LogP contribution is 2.18. The Morgan fingerprint density at radius 1 is 1.50 bits per heavy atom. The molecule has 1 unspecified atom stereocenters. The van der Waals surface area contributed by atoms with E-state index in [2.05, 4.69) is 15.2 Å². The Balaban J connectivity index is 2.17. The van der Waals surface area contributed by atoms with Crippen molar-refractivity contribution in [3.8, 4) is 0 Å². The lowest BCUT2D eigenvalue weighted by atomic mass is 10.0. The molecule has 1 atom stereocenters. The number of aromatic amines is 1. The summed E-state index contributed by atoms with van der Waals surface area (Å²) in [6, 6.07) is -0.522. The number of carbonyl (C=O) groups is 2. The van der Waals surface area contributed by atoms with Gasteiger partial charge in [-0.1, -0.05) is 0 Å². The highest BCUT2D eigenvalue weighted by molar-refractivity contribution is 5.94. The number of rotatable bonds is 2. The lowest BCUT2D eigenvalue weighted by Gasteiger charge is -2.32. The second-order valence-corrected chi connectivity index (χ2v) is 3.75. The Bertz CT molecular complexity index is 389. The number of nitrogens with zero attached hydrogens (tertiary/aromatic N) is 3. The van der Waals surface area contributed by atoms with Gasteiger partial charge in [-0.25, -0.2) is 4.98 Å². The summed E-state index contributed by atoms with van der Waals surface area (Å²) in [6.45, 7) is 0.535. The van der Waals surface area contributed by atoms with E-state index in [9.17, 15) is 9.59 Å². The number of carbonyl (C=O) groups excluding carboxylic acids is 2. The molecule has 16 heavy (non-hydrogen) atoms. The predicted molar refractivity (Wildman–Crippen MR) is 54.3 cm³/mol. The molecule has 2 heterocycles. The van der Waals surface area contributed by atoms with Crippen LogP contribution in [-0.2, 0) is 4.79 Å². The van der Waals surface area contributed by atoms with Gasteiger partial charge in [0.1, 0.15) is 12.4 Å². The number of piperidine rings is 1. The molecule has 1 aliphatic heterocycles. The molecule has 0 saturated carbocycles. The summed E-state index contributed by atoms with van der Waals surface area (Å²) >= 11 is 0. The minimum absolute atomic E-state index is 0.146. The zero-order chi connectivity index (χ0) is 11.5. The van der Waals surface area contributed by atoms with Crippen LogP contribution in [0, 0.1) is 0 Å². The molecule has 0 bridgehead atoms. The molecular weight excluding hydrogens is 210 g/mol. The Kier molecular flexibility index (Phi) is 2.84. The van der Waals surface area contributed by atoms with E-state index in [1.165, 1.54) is 11.2 Å². The molecule has 7 heteroatoms. The Morgan fingerprint density at radius 2 is 2.31 bits per heavy atom. The van der Waals surface area contributed by atoms with E-state index in [4.69, 9.17) is 5.73 Å². The quantitative estimate of drug-likeness (QED) is 0.690. The van der Waals surface area contributed by atoms with E-state index in [-0.39, 0.29) is 11.7 Å². The maximum absolute atomic E-state index is 12.0. The molecule has 1 aliphatic rings. The van der Waals surface area contributed by atoms with Crippen LogP contribution < -0.4 is 5.73 Å². The SMILES string of the molecule is NC(=O)C1CCCCN1C(=O)c1ncn[nH]1. The maximum atomic E-state index is 12.0. The summed E-state index contributed by atoms with van der Waals surface area (Å²) in [5.74, 6) is -0.637. The van der Waals surface area contributed by atoms with Gasteiger partial charge in [0.15, 0.2) is 0 Å². The van der Waals surface area contributed by atoms with Crippen molar-refractivity contribution in [1.82, 2.24) is 20.1 Å². The Labute approximate surface area is 92.0 Å². The fourth-order valence-corrected chi connectivity index (χ4v) is 1.91. The van der Waals surface area contributed by atoms with Gasteiger partial charge < -0.3 is 10.6 Å². The van der Waals surface area contributed by atoms with Crippen LogP contribution in [0.1, 0.15) is 29.9 Å². The van der Waals surface area contributed by atoms with Crippen molar-refractivity contribution in [2.75, 3.05) is 6.54 Å². The van der Waals surface area contributed by atoms with Crippen LogP contribution in [0.15, 0.2) is 6.33 Å². The summed E-state index contributed by atoms with van der Waals surface area (Å²) in [7, 11) is 0. The molecular formula is C9H13N5O2. The second kappa shape index (κ2) is 4.30. The largest absolute Gasteiger partial charge is 0.368 e. The minimum Gasteiger partial charge on any atom is -0.368 e. The Morgan fingerprint density at radius 3 is 2.94 bits per heavy atom. The monoisotopic (exact) mass is 223 g/mol. The summed E-state index contributed by atoms with van der Waals surface area (Å²) in [4.78, 5) is 28.4. The first-order valence-electron chi connectivity index (χ1n) is 5.16. The third-order valence-corrected chi connectivity index (χ3v) is 2.71. The molecule has 2 amide bonds. The van der Waals surface area contributed by atoms with Gasteiger partial charge in [-0.15, -0.1) is 0 Å². The van der Waals surface area contributed by atoms with Crippen LogP contribution in [0.3, 0.4) is 0 Å². The third kappa shape index (κ3) is 1.88. The number of H-pyrrole nitrogens is 1. The third-order valence-electron chi connectivity index (χ3n) is 2.71. The summed E-state index contributed by atoms with van der Waals surface area (Å²) in [5, 5.41) is 6.10. The van der Waals surface area contributed by atoms with Gasteiger partial charge in [-0.2, -0.15) is 5.10 Å². The first-order valence-corrected chi connectivity index (χ1v) is 5.16. The van der Waals surface area contributed by atoms with E-state index in [0.717, 1.165) is 12.8 Å². The van der Waals surface area contributed by atoms with E-state index < -0.39 is 11.9 Å². The van der Waals surface area contributed by atoms with Crippen LogP contribution in [0.5, 0.6) is 0 Å². The highest BCUT2D eigenvalue weighted by atomic mass is 16.2. The Hall–Kier alpha value is -1.92. The molecule has 1 aromatic heterocycles. The first-order chi connectivity index (χ1) is 7.70. The van der Waals surface area contributed by atoms with Gasteiger partial charge in [0.05, 0.1) is 0 Å². The van der Waals surface area contributed by atoms with Crippen LogP contribution in [-0.4, -0.2) is 44.5 Å². The average Bonchev–Trinajstić information content (AvgIpc) is 2.81. The zero-order valence-electron chi connectivity index (χ0n) is 8.72. The fourth-order valence-electron chi connectivity index (χ4n) is 1.91. The van der Waals surface area contributed by atoms with Gasteiger partial charge in [0.2, 0.25) is 11.7 Å². The van der Waals surface area contributed by atoms with Crippen LogP contribution in [0.25, 0.3) is 0 Å². The molecule has 0 spiro atoms. The molecule has 7 nitrogen and oxygen atoms in total. The van der Waals surface area contributed by atoms with Crippen molar-refractivity contribution >= 4 is 11.8 Å². The second-order valence-electron chi connectivity index (χ2n) is 3.75. The lowest BCUT2D eigenvalue weighted by molar-refractivity contribution is -0.123. The summed E-state index contributed by atoms with van der Waals surface area (Å²) in [5.41, 5.74) is 5.27. The fraction of sp³-hybridized carbons (Fsp3) is 0.556. The summed E-state index contributed by atoms with van der Waals surface area (Å²) in [6.07, 6.45) is 3.67. The highest BCUT2D eigenvalue weighted by Gasteiger charge is 2.32. The molecule has 1 fully saturated rings. The van der Waals surface area contributed by atoms with E-state index >= 15 is 0 Å². The number of nitrogens with one attached hydrogen (secondary N) is 1. The molecule has 1 saturated heterocycles. The lowest BCUT2D eigenvalue weighted by Crippen LogP contribution is -2.50. The van der Waals surface area contributed by atoms with Crippen molar-refractivity contribution in [3.63, 3.8) is 0 Å². The predicted octanol–water partition coefficient (Wildman–Crippen LogP) is -0.715. The van der Waals surface area contributed by atoms with Crippen LogP contribution in [0.2, 0.25) is 0 Å². The zero-order valence-corrected chi connectivity index (χ0v) is 8.72. The van der Waals surface area contributed by atoms with Gasteiger partial charge in [0, 0.05) is 6.54 Å². The maximum Gasteiger partial charge on any atom is 0.291 e. The number of aromatic nitrogens is 3. The van der Waals surface area contributed by atoms with Crippen molar-refractivity contribution in [2.24, 2.45) is 5.73 Å². The van der Waals surface area contributed by atoms with Crippen molar-refractivity contribution in [1.29, 1.82) is 0 Å². The van der Waals surface area contributed by atoms with Crippen molar-refractivity contribution in [2.45, 2.75) is 25.3 Å². The standard InChI is InChI=1S/C9H13N5O2/c10-7(15)6-3-1-2-4-14(6)9(16)8-11-5-12-13-8/h5-6H,1-4H2,(H2,10,15)(H,11,12,13). The average molecular weight is 223 g/mol. The van der Waals surface area contributed by atoms with E-state index in [1.54, 1.807) is 0 Å². The van der Waals surface area contributed by atoms with Gasteiger partial charge in [-0.3, -0.25) is 14.7 Å². The van der Waals surface area contributed by atoms with Crippen LogP contribution >= 0.6 is 0 Å². The number of nitrogens with two attached hydrogens (primary N) is 1. The minimum atomic E-state index is -0.522. The molecule has 1 aromatic rings. The van der Waals surface area contributed by atoms with Crippen molar-refractivity contribution < 1.29 is 9.59 Å². The van der Waals surface area contributed by atoms with Crippen molar-refractivity contribution in [3.05, 3.63) is 12.2 Å². The summed E-state index contributed by atoms with van der Waals surface area (Å²) < 4.78 is 0. The molecule has 0 aliphatic carbocycles. The molecule has 0 radical (unpaired) electrons. The number of primary amides is 1. The number of amides is 2. The normalized spacial score (nSPS) is 20.8. The molecule has 86 valence electrons. The number of hydrogen-bond acceptors (Lipinski definition) is 4. The smallest absolute Gasteiger partial charge is 0.291 e. The first kappa shape index (κ1) is 10.6. The molecule has 3 N–H and O–H groups in total.